The van der Waals surface area contributed by atoms with E-state index in [-0.39, 0.29) is 12.7 Å². The Hall–Kier alpha value is -2.95. The minimum absolute atomic E-state index is 0.00112. The first-order chi connectivity index (χ1) is 17.2. The Morgan fingerprint density at radius 2 is 1.86 bits per heavy atom. The van der Waals surface area contributed by atoms with E-state index in [4.69, 9.17) is 14.1 Å². The number of aliphatic hydroxyl groups excluding tert-OH is 3. The number of aliphatic hydroxyl groups is 3. The molecular formula is C26H35N5O5. The number of pyridine rings is 1. The number of nitrogens with zero attached hydrogens (tertiary/aromatic N) is 3. The van der Waals surface area contributed by atoms with Gasteiger partial charge in [0.15, 0.2) is 5.58 Å². The number of anilines is 2. The van der Waals surface area contributed by atoms with E-state index in [0.29, 0.717) is 58.3 Å². The first-order valence-electron chi connectivity index (χ1n) is 12.7. The standard InChI is InChI=1S/C26H35N5O5/c1-12(2)35-20-9-16-8-19(36-24(16)14(4)28-20)21-13(3)29-26(27-10-15-5-6-15)31-25(21)30-18-7-17(11-32)22(33)23(18)34/h8-9,12,15,17-18,22-23,32-34H,5-7,10-11H2,1-4H3,(H2,27,29,30,31)/t17-,18-,22-,23+/m1/s1. The van der Waals surface area contributed by atoms with E-state index in [2.05, 4.69) is 20.6 Å². The predicted molar refractivity (Wildman–Crippen MR) is 136 cm³/mol. The van der Waals surface area contributed by atoms with Crippen LogP contribution in [-0.4, -0.2) is 67.8 Å². The summed E-state index contributed by atoms with van der Waals surface area (Å²) in [6, 6.07) is 3.29. The molecule has 0 saturated heterocycles. The zero-order valence-corrected chi connectivity index (χ0v) is 21.2. The topological polar surface area (TPSA) is 146 Å². The quantitative estimate of drug-likeness (QED) is 0.299. The van der Waals surface area contributed by atoms with Crippen LogP contribution in [-0.2, 0) is 0 Å². The highest BCUT2D eigenvalue weighted by Crippen LogP contribution is 2.38. The lowest BCUT2D eigenvalue weighted by Crippen LogP contribution is -2.35. The number of aromatic nitrogens is 3. The maximum absolute atomic E-state index is 10.6. The second-order valence-electron chi connectivity index (χ2n) is 10.3. The molecule has 0 radical (unpaired) electrons. The van der Waals surface area contributed by atoms with E-state index in [1.165, 1.54) is 12.8 Å². The molecule has 10 nitrogen and oxygen atoms in total. The molecule has 0 spiro atoms. The van der Waals surface area contributed by atoms with Gasteiger partial charge in [0.05, 0.1) is 35.2 Å². The highest BCUT2D eigenvalue weighted by atomic mass is 16.5. The monoisotopic (exact) mass is 497 g/mol. The molecule has 3 aromatic rings. The van der Waals surface area contributed by atoms with Crippen LogP contribution in [0.3, 0.4) is 0 Å². The van der Waals surface area contributed by atoms with Crippen molar-refractivity contribution in [3.63, 3.8) is 0 Å². The summed E-state index contributed by atoms with van der Waals surface area (Å²) < 4.78 is 12.1. The van der Waals surface area contributed by atoms with E-state index < -0.39 is 24.2 Å². The second kappa shape index (κ2) is 9.84. The maximum Gasteiger partial charge on any atom is 0.224 e. The van der Waals surface area contributed by atoms with Crippen molar-refractivity contribution in [2.75, 3.05) is 23.8 Å². The molecule has 0 aliphatic heterocycles. The lowest BCUT2D eigenvalue weighted by atomic mass is 10.1. The third-order valence-electron chi connectivity index (χ3n) is 6.94. The number of hydrogen-bond acceptors (Lipinski definition) is 10. The number of ether oxygens (including phenoxy) is 1. The molecule has 2 saturated carbocycles. The minimum Gasteiger partial charge on any atom is -0.475 e. The van der Waals surface area contributed by atoms with Crippen molar-refractivity contribution in [3.05, 3.63) is 23.5 Å². The van der Waals surface area contributed by atoms with Gasteiger partial charge < -0.3 is 35.1 Å². The first-order valence-corrected chi connectivity index (χ1v) is 12.7. The maximum atomic E-state index is 10.6. The van der Waals surface area contributed by atoms with Crippen LogP contribution in [0.4, 0.5) is 11.8 Å². The molecule has 2 aliphatic carbocycles. The van der Waals surface area contributed by atoms with Crippen molar-refractivity contribution in [1.82, 2.24) is 15.0 Å². The number of nitrogens with one attached hydrogen (secondary N) is 2. The number of hydrogen-bond donors (Lipinski definition) is 5. The van der Waals surface area contributed by atoms with Crippen LogP contribution in [0.1, 0.15) is 44.5 Å². The molecule has 3 heterocycles. The van der Waals surface area contributed by atoms with Crippen LogP contribution in [0.5, 0.6) is 5.88 Å². The Morgan fingerprint density at radius 1 is 1.08 bits per heavy atom. The van der Waals surface area contributed by atoms with Gasteiger partial charge in [-0.15, -0.1) is 0 Å². The summed E-state index contributed by atoms with van der Waals surface area (Å²) in [5.41, 5.74) is 2.74. The number of aryl methyl sites for hydroxylation is 2. The van der Waals surface area contributed by atoms with Crippen molar-refractivity contribution >= 4 is 22.7 Å². The van der Waals surface area contributed by atoms with Gasteiger partial charge in [-0.1, -0.05) is 0 Å². The lowest BCUT2D eigenvalue weighted by Gasteiger charge is -2.21. The molecule has 10 heteroatoms. The SMILES string of the molecule is Cc1nc(NCC2CC2)nc(N[C@@H]2C[C@H](CO)[C@@H](O)[C@H]2O)c1-c1cc2cc(OC(C)C)nc(C)c2o1. The highest BCUT2D eigenvalue weighted by molar-refractivity contribution is 5.88. The summed E-state index contributed by atoms with van der Waals surface area (Å²) in [5.74, 6) is 2.34. The third kappa shape index (κ3) is 4.98. The van der Waals surface area contributed by atoms with Crippen LogP contribution in [0.2, 0.25) is 0 Å². The van der Waals surface area contributed by atoms with E-state index in [1.807, 2.05) is 39.8 Å². The molecular weight excluding hydrogens is 462 g/mol. The molecule has 3 aromatic heterocycles. The number of furan rings is 1. The van der Waals surface area contributed by atoms with Crippen molar-refractivity contribution in [3.8, 4) is 17.2 Å². The Morgan fingerprint density at radius 3 is 2.53 bits per heavy atom. The van der Waals surface area contributed by atoms with Gasteiger partial charge in [-0.2, -0.15) is 4.98 Å². The average molecular weight is 498 g/mol. The van der Waals surface area contributed by atoms with Gasteiger partial charge in [0.25, 0.3) is 0 Å². The lowest BCUT2D eigenvalue weighted by molar-refractivity contribution is 0.00446. The van der Waals surface area contributed by atoms with E-state index >= 15 is 0 Å². The fourth-order valence-electron chi connectivity index (χ4n) is 4.83. The molecule has 0 amide bonds. The summed E-state index contributed by atoms with van der Waals surface area (Å²) >= 11 is 0. The summed E-state index contributed by atoms with van der Waals surface area (Å²) in [5, 5.41) is 38.1. The van der Waals surface area contributed by atoms with E-state index in [9.17, 15) is 15.3 Å². The molecule has 36 heavy (non-hydrogen) atoms. The van der Waals surface area contributed by atoms with Crippen molar-refractivity contribution in [2.45, 2.75) is 71.3 Å². The minimum atomic E-state index is -1.04. The number of fused-ring (bicyclic) bond motifs is 1. The second-order valence-corrected chi connectivity index (χ2v) is 10.3. The van der Waals surface area contributed by atoms with Crippen molar-refractivity contribution < 1.29 is 24.5 Å². The zero-order valence-electron chi connectivity index (χ0n) is 21.2. The molecule has 2 aliphatic rings. The summed E-state index contributed by atoms with van der Waals surface area (Å²) in [6.45, 7) is 8.29. The molecule has 194 valence electrons. The molecule has 2 fully saturated rings. The summed E-state index contributed by atoms with van der Waals surface area (Å²) in [4.78, 5) is 13.9. The van der Waals surface area contributed by atoms with Crippen LogP contribution in [0.15, 0.2) is 16.5 Å². The molecule has 0 bridgehead atoms. The average Bonchev–Trinajstić information content (AvgIpc) is 3.49. The molecule has 4 atom stereocenters. The zero-order chi connectivity index (χ0) is 25.6. The normalized spacial score (nSPS) is 24.0. The Balaban J connectivity index is 1.54. The van der Waals surface area contributed by atoms with Crippen molar-refractivity contribution in [2.24, 2.45) is 11.8 Å². The highest BCUT2D eigenvalue weighted by Gasteiger charge is 2.41. The molecule has 5 N–H and O–H groups in total. The Kier molecular flexibility index (Phi) is 6.76. The smallest absolute Gasteiger partial charge is 0.224 e. The van der Waals surface area contributed by atoms with Gasteiger partial charge >= 0.3 is 0 Å². The summed E-state index contributed by atoms with van der Waals surface area (Å²) in [6.07, 6.45) is 0.776. The van der Waals surface area contributed by atoms with Gasteiger partial charge in [0.1, 0.15) is 17.7 Å². The molecule has 5 rings (SSSR count). The summed E-state index contributed by atoms with van der Waals surface area (Å²) in [7, 11) is 0. The Labute approximate surface area is 210 Å². The van der Waals surface area contributed by atoms with Crippen molar-refractivity contribution in [1.29, 1.82) is 0 Å². The van der Waals surface area contributed by atoms with Gasteiger partial charge in [-0.05, 0) is 58.9 Å². The Bertz CT molecular complexity index is 1240. The van der Waals surface area contributed by atoms with Crippen LogP contribution in [0.25, 0.3) is 22.3 Å². The van der Waals surface area contributed by atoms with E-state index in [0.717, 1.165) is 11.9 Å². The van der Waals surface area contributed by atoms with Gasteiger partial charge in [-0.25, -0.2) is 9.97 Å². The van der Waals surface area contributed by atoms with Crippen LogP contribution < -0.4 is 15.4 Å². The fourth-order valence-corrected chi connectivity index (χ4v) is 4.83. The first kappa shape index (κ1) is 24.7. The predicted octanol–water partition coefficient (Wildman–Crippen LogP) is 3.03. The van der Waals surface area contributed by atoms with Crippen LogP contribution >= 0.6 is 0 Å². The van der Waals surface area contributed by atoms with Gasteiger partial charge in [0, 0.05) is 30.5 Å². The van der Waals surface area contributed by atoms with Crippen LogP contribution in [0, 0.1) is 25.7 Å². The largest absolute Gasteiger partial charge is 0.475 e. The molecule has 0 aromatic carbocycles. The third-order valence-corrected chi connectivity index (χ3v) is 6.94. The fraction of sp³-hybridized carbons (Fsp3) is 0.577. The number of rotatable bonds is 9. The molecule has 0 unspecified atom stereocenters. The van der Waals surface area contributed by atoms with Gasteiger partial charge in [-0.3, -0.25) is 0 Å². The van der Waals surface area contributed by atoms with Gasteiger partial charge in [0.2, 0.25) is 11.8 Å². The van der Waals surface area contributed by atoms with E-state index in [1.54, 1.807) is 0 Å².